The third kappa shape index (κ3) is 5.15. The first-order valence-corrected chi connectivity index (χ1v) is 10.8. The van der Waals surface area contributed by atoms with Crippen LogP contribution in [0.25, 0.3) is 6.08 Å². The van der Waals surface area contributed by atoms with Gasteiger partial charge in [-0.3, -0.25) is 14.4 Å². The Kier molecular flexibility index (Phi) is 6.73. The highest BCUT2D eigenvalue weighted by Crippen LogP contribution is 2.37. The molecule has 1 heterocycles. The topological polar surface area (TPSA) is 84.9 Å². The molecule has 0 saturated carbocycles. The molecule has 172 valence electrons. The average molecular weight is 456 g/mol. The van der Waals surface area contributed by atoms with E-state index in [2.05, 4.69) is 5.32 Å². The van der Waals surface area contributed by atoms with E-state index < -0.39 is 5.97 Å². The molecular formula is C27H24N2O5. The summed E-state index contributed by atoms with van der Waals surface area (Å²) in [6, 6.07) is 20.3. The molecule has 1 N–H and O–H groups in total. The van der Waals surface area contributed by atoms with Gasteiger partial charge in [0.1, 0.15) is 0 Å². The fourth-order valence-corrected chi connectivity index (χ4v) is 3.85. The van der Waals surface area contributed by atoms with Crippen molar-refractivity contribution in [3.63, 3.8) is 0 Å². The van der Waals surface area contributed by atoms with Crippen LogP contribution >= 0.6 is 0 Å². The number of rotatable bonds is 7. The Hall–Kier alpha value is -4.39. The molecule has 4 rings (SSSR count). The molecular weight excluding hydrogens is 432 g/mol. The first-order chi connectivity index (χ1) is 16.4. The van der Waals surface area contributed by atoms with Crippen molar-refractivity contribution in [2.45, 2.75) is 19.9 Å². The molecule has 0 saturated heterocycles. The normalized spacial score (nSPS) is 12.5. The summed E-state index contributed by atoms with van der Waals surface area (Å²) < 4.78 is 10.4. The Morgan fingerprint density at radius 1 is 1.03 bits per heavy atom. The highest BCUT2D eigenvalue weighted by Gasteiger charge is 2.30. The van der Waals surface area contributed by atoms with Crippen molar-refractivity contribution in [3.05, 3.63) is 89.5 Å². The van der Waals surface area contributed by atoms with Crippen molar-refractivity contribution in [3.8, 4) is 11.5 Å². The van der Waals surface area contributed by atoms with Crippen LogP contribution in [0.5, 0.6) is 11.5 Å². The van der Waals surface area contributed by atoms with Gasteiger partial charge in [0, 0.05) is 13.0 Å². The van der Waals surface area contributed by atoms with Gasteiger partial charge < -0.3 is 19.7 Å². The third-order valence-corrected chi connectivity index (χ3v) is 5.34. The summed E-state index contributed by atoms with van der Waals surface area (Å²) in [5, 5.41) is 2.89. The van der Waals surface area contributed by atoms with Crippen molar-refractivity contribution in [2.24, 2.45) is 0 Å². The van der Waals surface area contributed by atoms with Gasteiger partial charge in [0.15, 0.2) is 11.5 Å². The molecule has 1 aliphatic rings. The zero-order valence-corrected chi connectivity index (χ0v) is 18.9. The number of carbonyl (C=O) groups is 3. The largest absolute Gasteiger partial charge is 0.493 e. The summed E-state index contributed by atoms with van der Waals surface area (Å²) in [5.41, 5.74) is 3.84. The third-order valence-electron chi connectivity index (χ3n) is 5.34. The second kappa shape index (κ2) is 10.0. The lowest BCUT2D eigenvalue weighted by atomic mass is 10.1. The molecule has 1 aliphatic heterocycles. The number of nitrogens with zero attached hydrogens (tertiary/aromatic N) is 1. The molecule has 0 aliphatic carbocycles. The SMILES string of the molecule is COc1ccc(/C=C/C(=O)Nc2cccc3c2N(Cc2ccccc2)C(=O)C3)cc1OC(C)=O. The second-order valence-corrected chi connectivity index (χ2v) is 7.78. The molecule has 34 heavy (non-hydrogen) atoms. The predicted molar refractivity (Wildman–Crippen MR) is 130 cm³/mol. The maximum absolute atomic E-state index is 12.7. The van der Waals surface area contributed by atoms with E-state index in [1.807, 2.05) is 42.5 Å². The summed E-state index contributed by atoms with van der Waals surface area (Å²) in [5.74, 6) is -0.136. The Bertz CT molecular complexity index is 1270. The van der Waals surface area contributed by atoms with E-state index in [4.69, 9.17) is 9.47 Å². The minimum atomic E-state index is -0.468. The highest BCUT2D eigenvalue weighted by atomic mass is 16.6. The van der Waals surface area contributed by atoms with Gasteiger partial charge in [-0.2, -0.15) is 0 Å². The maximum Gasteiger partial charge on any atom is 0.308 e. The van der Waals surface area contributed by atoms with Crippen LogP contribution < -0.4 is 19.7 Å². The van der Waals surface area contributed by atoms with Crippen LogP contribution in [0, 0.1) is 0 Å². The number of nitrogens with one attached hydrogen (secondary N) is 1. The number of anilines is 2. The molecule has 0 spiro atoms. The average Bonchev–Trinajstić information content (AvgIpc) is 3.14. The van der Waals surface area contributed by atoms with Crippen molar-refractivity contribution in [1.29, 1.82) is 0 Å². The Balaban J connectivity index is 1.53. The summed E-state index contributed by atoms with van der Waals surface area (Å²) in [7, 11) is 1.48. The van der Waals surface area contributed by atoms with Crippen LogP contribution in [0.3, 0.4) is 0 Å². The molecule has 2 amide bonds. The van der Waals surface area contributed by atoms with E-state index in [9.17, 15) is 14.4 Å². The van der Waals surface area contributed by atoms with Crippen LogP contribution in [0.4, 0.5) is 11.4 Å². The lowest BCUT2D eigenvalue weighted by Gasteiger charge is -2.20. The molecule has 0 atom stereocenters. The van der Waals surface area contributed by atoms with Gasteiger partial charge in [0.2, 0.25) is 11.8 Å². The quantitative estimate of drug-likeness (QED) is 0.324. The molecule has 0 aromatic heterocycles. The first-order valence-electron chi connectivity index (χ1n) is 10.8. The van der Waals surface area contributed by atoms with Crippen molar-refractivity contribution in [1.82, 2.24) is 0 Å². The number of amides is 2. The van der Waals surface area contributed by atoms with Crippen LogP contribution in [-0.4, -0.2) is 24.9 Å². The predicted octanol–water partition coefficient (Wildman–Crippen LogP) is 4.36. The molecule has 3 aromatic carbocycles. The Morgan fingerprint density at radius 3 is 2.56 bits per heavy atom. The minimum absolute atomic E-state index is 0.00710. The molecule has 7 heteroatoms. The number of benzene rings is 3. The fraction of sp³-hybridized carbons (Fsp3) is 0.148. The monoisotopic (exact) mass is 456 g/mol. The van der Waals surface area contributed by atoms with Gasteiger partial charge in [-0.25, -0.2) is 0 Å². The van der Waals surface area contributed by atoms with Crippen LogP contribution in [-0.2, 0) is 27.3 Å². The Morgan fingerprint density at radius 2 is 1.82 bits per heavy atom. The standard InChI is InChI=1S/C27H24N2O5/c1-18(30)34-24-15-19(11-13-23(24)33-2)12-14-25(31)28-22-10-6-9-21-16-26(32)29(27(21)22)17-20-7-4-3-5-8-20/h3-15H,16-17H2,1-2H3,(H,28,31)/b14-12+. The zero-order chi connectivity index (χ0) is 24.1. The van der Waals surface area contributed by atoms with E-state index in [1.54, 1.807) is 35.2 Å². The number of esters is 1. The number of carbonyl (C=O) groups excluding carboxylic acids is 3. The van der Waals surface area contributed by atoms with E-state index in [0.29, 0.717) is 30.0 Å². The lowest BCUT2D eigenvalue weighted by molar-refractivity contribution is -0.132. The van der Waals surface area contributed by atoms with Gasteiger partial charge in [-0.1, -0.05) is 48.5 Å². The number of para-hydroxylation sites is 1. The van der Waals surface area contributed by atoms with Gasteiger partial charge in [0.25, 0.3) is 0 Å². The summed E-state index contributed by atoms with van der Waals surface area (Å²) >= 11 is 0. The van der Waals surface area contributed by atoms with Gasteiger partial charge in [-0.05, 0) is 41.0 Å². The fourth-order valence-electron chi connectivity index (χ4n) is 3.85. The Labute approximate surface area is 197 Å². The number of ether oxygens (including phenoxy) is 2. The van der Waals surface area contributed by atoms with E-state index in [0.717, 1.165) is 16.8 Å². The molecule has 0 radical (unpaired) electrons. The van der Waals surface area contributed by atoms with E-state index >= 15 is 0 Å². The zero-order valence-electron chi connectivity index (χ0n) is 18.9. The molecule has 0 fully saturated rings. The molecule has 7 nitrogen and oxygen atoms in total. The number of hydrogen-bond acceptors (Lipinski definition) is 5. The molecule has 3 aromatic rings. The molecule has 0 bridgehead atoms. The number of fused-ring (bicyclic) bond motifs is 1. The van der Waals surface area contributed by atoms with Crippen molar-refractivity contribution < 1.29 is 23.9 Å². The molecule has 0 unspecified atom stereocenters. The summed E-state index contributed by atoms with van der Waals surface area (Å²) in [6.07, 6.45) is 3.29. The van der Waals surface area contributed by atoms with E-state index in [1.165, 1.54) is 20.1 Å². The van der Waals surface area contributed by atoms with Gasteiger partial charge >= 0.3 is 5.97 Å². The minimum Gasteiger partial charge on any atom is -0.493 e. The second-order valence-electron chi connectivity index (χ2n) is 7.78. The summed E-state index contributed by atoms with van der Waals surface area (Å²) in [4.78, 5) is 38.4. The number of methoxy groups -OCH3 is 1. The van der Waals surface area contributed by atoms with Gasteiger partial charge in [0.05, 0.1) is 31.5 Å². The van der Waals surface area contributed by atoms with Crippen LogP contribution in [0.1, 0.15) is 23.6 Å². The first kappa shape index (κ1) is 22.8. The smallest absolute Gasteiger partial charge is 0.308 e. The summed E-state index contributed by atoms with van der Waals surface area (Å²) in [6.45, 7) is 1.74. The number of hydrogen-bond donors (Lipinski definition) is 1. The van der Waals surface area contributed by atoms with Crippen molar-refractivity contribution >= 4 is 35.2 Å². The van der Waals surface area contributed by atoms with Crippen LogP contribution in [0.2, 0.25) is 0 Å². The van der Waals surface area contributed by atoms with Crippen molar-refractivity contribution in [2.75, 3.05) is 17.3 Å². The van der Waals surface area contributed by atoms with Gasteiger partial charge in [-0.15, -0.1) is 0 Å². The highest BCUT2D eigenvalue weighted by molar-refractivity contribution is 6.09. The van der Waals surface area contributed by atoms with Crippen LogP contribution in [0.15, 0.2) is 72.8 Å². The van der Waals surface area contributed by atoms with E-state index in [-0.39, 0.29) is 17.6 Å². The maximum atomic E-state index is 12.7. The lowest BCUT2D eigenvalue weighted by Crippen LogP contribution is -2.27.